The topological polar surface area (TPSA) is 34.1 Å². The molecule has 0 aromatic heterocycles. The lowest BCUT2D eigenvalue weighted by molar-refractivity contribution is 0.0173. The molecule has 1 spiro atoms. The molecule has 4 heterocycles. The molecule has 4 saturated heterocycles. The van der Waals surface area contributed by atoms with Crippen molar-refractivity contribution in [1.82, 2.24) is 20.0 Å². The van der Waals surface area contributed by atoms with Crippen molar-refractivity contribution in [2.45, 2.75) is 45.1 Å². The maximum Gasteiger partial charge on any atom is 0.193 e. The van der Waals surface area contributed by atoms with E-state index in [1.165, 1.54) is 83.9 Å². The van der Waals surface area contributed by atoms with Crippen LogP contribution in [0.15, 0.2) is 4.99 Å². The van der Waals surface area contributed by atoms with Gasteiger partial charge in [-0.05, 0) is 31.6 Å². The SMILES string of the molecule is CCNC(=NCC1CN2CCN1CC2)N1CCC2(CCCC2)C1. The summed E-state index contributed by atoms with van der Waals surface area (Å²) in [6.45, 7) is 12.8. The van der Waals surface area contributed by atoms with Crippen molar-refractivity contribution in [3.05, 3.63) is 0 Å². The van der Waals surface area contributed by atoms with E-state index in [0.717, 1.165) is 13.1 Å². The number of guanidine groups is 1. The van der Waals surface area contributed by atoms with Crippen molar-refractivity contribution in [1.29, 1.82) is 0 Å². The number of fused-ring (bicyclic) bond motifs is 3. The highest BCUT2D eigenvalue weighted by Gasteiger charge is 2.41. The Labute approximate surface area is 141 Å². The Bertz CT molecular complexity index is 435. The first kappa shape index (κ1) is 15.7. The van der Waals surface area contributed by atoms with E-state index in [0.29, 0.717) is 11.5 Å². The predicted molar refractivity (Wildman–Crippen MR) is 94.9 cm³/mol. The monoisotopic (exact) mass is 319 g/mol. The number of piperazine rings is 3. The second-order valence-electron chi connectivity index (χ2n) is 8.06. The second kappa shape index (κ2) is 6.60. The first-order chi connectivity index (χ1) is 11.3. The molecule has 1 N–H and O–H groups in total. The maximum absolute atomic E-state index is 5.06. The first-order valence-corrected chi connectivity index (χ1v) is 9.78. The van der Waals surface area contributed by atoms with Crippen LogP contribution in [0.5, 0.6) is 0 Å². The van der Waals surface area contributed by atoms with E-state index < -0.39 is 0 Å². The molecular weight excluding hydrogens is 286 g/mol. The quantitative estimate of drug-likeness (QED) is 0.626. The van der Waals surface area contributed by atoms with Crippen LogP contribution < -0.4 is 5.32 Å². The van der Waals surface area contributed by atoms with E-state index >= 15 is 0 Å². The van der Waals surface area contributed by atoms with Crippen LogP contribution in [0, 0.1) is 5.41 Å². The van der Waals surface area contributed by atoms with Crippen LogP contribution in [0.4, 0.5) is 0 Å². The molecular formula is C18H33N5. The summed E-state index contributed by atoms with van der Waals surface area (Å²) in [6.07, 6.45) is 7.13. The summed E-state index contributed by atoms with van der Waals surface area (Å²) in [5.41, 5.74) is 0.620. The molecule has 0 radical (unpaired) electrons. The van der Waals surface area contributed by atoms with Crippen LogP contribution in [0.25, 0.3) is 0 Å². The van der Waals surface area contributed by atoms with E-state index in [1.807, 2.05) is 0 Å². The highest BCUT2D eigenvalue weighted by atomic mass is 15.4. The summed E-state index contributed by atoms with van der Waals surface area (Å²) in [5.74, 6) is 1.17. The van der Waals surface area contributed by atoms with E-state index in [9.17, 15) is 0 Å². The average Bonchev–Trinajstić information content (AvgIpc) is 3.23. The Morgan fingerprint density at radius 3 is 2.52 bits per heavy atom. The first-order valence-electron chi connectivity index (χ1n) is 9.78. The van der Waals surface area contributed by atoms with Gasteiger partial charge in [-0.15, -0.1) is 0 Å². The molecule has 0 amide bonds. The minimum absolute atomic E-state index is 0.620. The zero-order valence-electron chi connectivity index (χ0n) is 14.8. The van der Waals surface area contributed by atoms with Gasteiger partial charge in [0.2, 0.25) is 0 Å². The van der Waals surface area contributed by atoms with Crippen molar-refractivity contribution in [2.75, 3.05) is 58.9 Å². The molecule has 1 atom stereocenters. The molecule has 1 aliphatic carbocycles. The third kappa shape index (κ3) is 3.22. The molecule has 5 nitrogen and oxygen atoms in total. The lowest BCUT2D eigenvalue weighted by Gasteiger charge is -2.47. The lowest BCUT2D eigenvalue weighted by atomic mass is 9.86. The summed E-state index contributed by atoms with van der Waals surface area (Å²) in [4.78, 5) is 12.9. The molecule has 1 unspecified atom stereocenters. The van der Waals surface area contributed by atoms with Crippen LogP contribution in [0.2, 0.25) is 0 Å². The largest absolute Gasteiger partial charge is 0.357 e. The molecule has 23 heavy (non-hydrogen) atoms. The van der Waals surface area contributed by atoms with Crippen LogP contribution in [0.3, 0.4) is 0 Å². The van der Waals surface area contributed by atoms with E-state index in [-0.39, 0.29) is 0 Å². The van der Waals surface area contributed by atoms with E-state index in [1.54, 1.807) is 0 Å². The predicted octanol–water partition coefficient (Wildman–Crippen LogP) is 1.22. The van der Waals surface area contributed by atoms with Gasteiger partial charge in [0, 0.05) is 58.4 Å². The minimum Gasteiger partial charge on any atom is -0.357 e. The lowest BCUT2D eigenvalue weighted by Crippen LogP contribution is -2.62. The molecule has 130 valence electrons. The Morgan fingerprint density at radius 1 is 1.09 bits per heavy atom. The number of hydrogen-bond acceptors (Lipinski definition) is 3. The molecule has 2 bridgehead atoms. The summed E-state index contributed by atoms with van der Waals surface area (Å²) < 4.78 is 0. The van der Waals surface area contributed by atoms with Gasteiger partial charge in [-0.2, -0.15) is 0 Å². The number of nitrogens with one attached hydrogen (secondary N) is 1. The summed E-state index contributed by atoms with van der Waals surface area (Å²) in [7, 11) is 0. The van der Waals surface area contributed by atoms with Crippen molar-refractivity contribution in [3.8, 4) is 0 Å². The fraction of sp³-hybridized carbons (Fsp3) is 0.944. The summed E-state index contributed by atoms with van der Waals surface area (Å²) >= 11 is 0. The highest BCUT2D eigenvalue weighted by molar-refractivity contribution is 5.80. The Hall–Kier alpha value is -0.810. The van der Waals surface area contributed by atoms with Gasteiger partial charge in [-0.3, -0.25) is 14.8 Å². The number of aliphatic imine (C=N–C) groups is 1. The van der Waals surface area contributed by atoms with Crippen LogP contribution in [-0.4, -0.2) is 85.6 Å². The molecule has 5 rings (SSSR count). The maximum atomic E-state index is 5.06. The molecule has 5 fully saturated rings. The smallest absolute Gasteiger partial charge is 0.193 e. The second-order valence-corrected chi connectivity index (χ2v) is 8.06. The normalized spacial score (nSPS) is 36.1. The number of rotatable bonds is 3. The van der Waals surface area contributed by atoms with Gasteiger partial charge in [0.05, 0.1) is 6.54 Å². The molecule has 5 aliphatic rings. The molecule has 5 heteroatoms. The van der Waals surface area contributed by atoms with Crippen LogP contribution >= 0.6 is 0 Å². The van der Waals surface area contributed by atoms with Gasteiger partial charge < -0.3 is 10.2 Å². The molecule has 1 saturated carbocycles. The Kier molecular flexibility index (Phi) is 4.50. The fourth-order valence-corrected chi connectivity index (χ4v) is 5.16. The Morgan fingerprint density at radius 2 is 1.87 bits per heavy atom. The number of nitrogens with zero attached hydrogens (tertiary/aromatic N) is 4. The average molecular weight is 319 g/mol. The third-order valence-electron chi connectivity index (χ3n) is 6.58. The minimum atomic E-state index is 0.620. The van der Waals surface area contributed by atoms with Crippen molar-refractivity contribution in [3.63, 3.8) is 0 Å². The van der Waals surface area contributed by atoms with Gasteiger partial charge in [-0.25, -0.2) is 0 Å². The summed E-state index contributed by atoms with van der Waals surface area (Å²) in [5, 5.41) is 3.56. The van der Waals surface area contributed by atoms with E-state index in [4.69, 9.17) is 4.99 Å². The fourth-order valence-electron chi connectivity index (χ4n) is 5.16. The van der Waals surface area contributed by atoms with Gasteiger partial charge in [0.25, 0.3) is 0 Å². The third-order valence-corrected chi connectivity index (χ3v) is 6.58. The van der Waals surface area contributed by atoms with Crippen LogP contribution in [-0.2, 0) is 0 Å². The van der Waals surface area contributed by atoms with Gasteiger partial charge in [0.1, 0.15) is 0 Å². The van der Waals surface area contributed by atoms with Gasteiger partial charge in [0.15, 0.2) is 5.96 Å². The van der Waals surface area contributed by atoms with Gasteiger partial charge >= 0.3 is 0 Å². The van der Waals surface area contributed by atoms with Crippen molar-refractivity contribution >= 4 is 5.96 Å². The zero-order valence-corrected chi connectivity index (χ0v) is 14.8. The molecule has 0 aromatic rings. The van der Waals surface area contributed by atoms with Crippen molar-refractivity contribution < 1.29 is 0 Å². The van der Waals surface area contributed by atoms with Crippen molar-refractivity contribution in [2.24, 2.45) is 10.4 Å². The molecule has 0 aromatic carbocycles. The number of likely N-dealkylation sites (tertiary alicyclic amines) is 1. The Balaban J connectivity index is 1.39. The molecule has 4 aliphatic heterocycles. The summed E-state index contributed by atoms with van der Waals surface area (Å²) in [6, 6.07) is 0.634. The van der Waals surface area contributed by atoms with E-state index in [2.05, 4.69) is 26.9 Å². The number of hydrogen-bond donors (Lipinski definition) is 1. The standard InChI is InChI=1S/C18H33N5/c1-2-19-17(23-8-7-18(15-23)5-3-4-6-18)20-13-16-14-21-9-11-22(16)12-10-21/h16H,2-15H2,1H3,(H,19,20). The van der Waals surface area contributed by atoms with Crippen LogP contribution in [0.1, 0.15) is 39.0 Å². The van der Waals surface area contributed by atoms with Gasteiger partial charge in [-0.1, -0.05) is 12.8 Å². The zero-order chi connectivity index (χ0) is 15.7. The highest BCUT2D eigenvalue weighted by Crippen LogP contribution is 2.45.